The number of benzene rings is 2. The van der Waals surface area contributed by atoms with E-state index in [1.807, 2.05) is 25.1 Å². The average molecular weight is 556 g/mol. The number of piperazine rings is 1. The number of carbonyl (C=O) groups is 2. The zero-order valence-corrected chi connectivity index (χ0v) is 23.9. The third-order valence-corrected chi connectivity index (χ3v) is 7.80. The van der Waals surface area contributed by atoms with Gasteiger partial charge in [0.15, 0.2) is 0 Å². The van der Waals surface area contributed by atoms with Crippen LogP contribution in [-0.2, 0) is 9.53 Å². The summed E-state index contributed by atoms with van der Waals surface area (Å²) in [6, 6.07) is 12.0. The van der Waals surface area contributed by atoms with Crippen molar-refractivity contribution in [1.29, 1.82) is 0 Å². The van der Waals surface area contributed by atoms with E-state index in [0.717, 1.165) is 61.3 Å². The van der Waals surface area contributed by atoms with Crippen LogP contribution in [0.4, 0.5) is 0 Å². The Balaban J connectivity index is 1.65. The SMILES string of the molecule is COc1ccc2[nH]c(C)c(C(C(=O)OC(=O)c3ccc(Cl)cc3)C(C)(C)CN3CCN(CCCO)CC3)c2c1. The molecule has 0 saturated carbocycles. The van der Waals surface area contributed by atoms with E-state index in [1.165, 1.54) is 0 Å². The number of halogens is 1. The number of aliphatic hydroxyl groups is 1. The number of nitrogens with zero attached hydrogens (tertiary/aromatic N) is 2. The summed E-state index contributed by atoms with van der Waals surface area (Å²) in [5, 5.41) is 10.5. The van der Waals surface area contributed by atoms with Gasteiger partial charge in [-0.2, -0.15) is 0 Å². The van der Waals surface area contributed by atoms with Crippen LogP contribution in [0.5, 0.6) is 5.75 Å². The number of esters is 2. The van der Waals surface area contributed by atoms with Crippen molar-refractivity contribution < 1.29 is 24.2 Å². The lowest BCUT2D eigenvalue weighted by molar-refractivity contribution is -0.143. The van der Waals surface area contributed by atoms with Crippen LogP contribution in [0.2, 0.25) is 5.02 Å². The summed E-state index contributed by atoms with van der Waals surface area (Å²) in [4.78, 5) is 35.0. The lowest BCUT2D eigenvalue weighted by Crippen LogP contribution is -2.50. The van der Waals surface area contributed by atoms with E-state index < -0.39 is 23.3 Å². The van der Waals surface area contributed by atoms with Gasteiger partial charge in [0.2, 0.25) is 0 Å². The highest BCUT2D eigenvalue weighted by molar-refractivity contribution is 6.30. The van der Waals surface area contributed by atoms with Crippen LogP contribution >= 0.6 is 11.6 Å². The molecule has 8 nitrogen and oxygen atoms in total. The highest BCUT2D eigenvalue weighted by Gasteiger charge is 2.42. The summed E-state index contributed by atoms with van der Waals surface area (Å²) in [6.07, 6.45) is 0.768. The number of ether oxygens (including phenoxy) is 2. The molecule has 1 aliphatic heterocycles. The van der Waals surface area contributed by atoms with Crippen molar-refractivity contribution in [1.82, 2.24) is 14.8 Å². The molecule has 9 heteroatoms. The van der Waals surface area contributed by atoms with Crippen molar-refractivity contribution in [2.24, 2.45) is 5.41 Å². The Hall–Kier alpha value is -2.91. The molecule has 210 valence electrons. The molecule has 0 aliphatic carbocycles. The minimum Gasteiger partial charge on any atom is -0.497 e. The second-order valence-corrected chi connectivity index (χ2v) is 11.3. The van der Waals surface area contributed by atoms with E-state index in [2.05, 4.69) is 28.6 Å². The Labute approximate surface area is 234 Å². The number of hydrogen-bond donors (Lipinski definition) is 2. The van der Waals surface area contributed by atoms with E-state index >= 15 is 0 Å². The minimum atomic E-state index is -0.720. The van der Waals surface area contributed by atoms with E-state index in [-0.39, 0.29) is 12.2 Å². The van der Waals surface area contributed by atoms with Crippen LogP contribution in [0.25, 0.3) is 10.9 Å². The van der Waals surface area contributed by atoms with Crippen molar-refractivity contribution in [3.05, 3.63) is 64.3 Å². The number of rotatable bonds is 10. The van der Waals surface area contributed by atoms with Gasteiger partial charge in [-0.25, -0.2) is 4.79 Å². The zero-order valence-electron chi connectivity index (χ0n) is 23.1. The summed E-state index contributed by atoms with van der Waals surface area (Å²) < 4.78 is 11.0. The van der Waals surface area contributed by atoms with Gasteiger partial charge in [0.05, 0.1) is 18.6 Å². The van der Waals surface area contributed by atoms with E-state index in [4.69, 9.17) is 26.2 Å². The molecular weight excluding hydrogens is 518 g/mol. The molecule has 0 radical (unpaired) electrons. The number of aliphatic hydroxyl groups excluding tert-OH is 1. The lowest BCUT2D eigenvalue weighted by Gasteiger charge is -2.41. The van der Waals surface area contributed by atoms with Crippen LogP contribution in [0.1, 0.15) is 47.8 Å². The van der Waals surface area contributed by atoms with Gasteiger partial charge in [0.25, 0.3) is 0 Å². The van der Waals surface area contributed by atoms with Crippen molar-refractivity contribution >= 4 is 34.4 Å². The number of aromatic nitrogens is 1. The smallest absolute Gasteiger partial charge is 0.345 e. The number of hydrogen-bond acceptors (Lipinski definition) is 7. The third kappa shape index (κ3) is 6.81. The molecule has 0 spiro atoms. The maximum absolute atomic E-state index is 13.9. The minimum absolute atomic E-state index is 0.195. The van der Waals surface area contributed by atoms with Crippen molar-refractivity contribution in [3.63, 3.8) is 0 Å². The first-order chi connectivity index (χ1) is 18.6. The largest absolute Gasteiger partial charge is 0.497 e. The first-order valence-corrected chi connectivity index (χ1v) is 13.7. The van der Waals surface area contributed by atoms with Gasteiger partial charge in [-0.15, -0.1) is 0 Å². The number of carbonyl (C=O) groups excluding carboxylic acids is 2. The summed E-state index contributed by atoms with van der Waals surface area (Å²) in [7, 11) is 1.61. The monoisotopic (exact) mass is 555 g/mol. The van der Waals surface area contributed by atoms with Crippen molar-refractivity contribution in [2.75, 3.05) is 53.0 Å². The quantitative estimate of drug-likeness (QED) is 0.278. The topological polar surface area (TPSA) is 95.1 Å². The first-order valence-electron chi connectivity index (χ1n) is 13.4. The standard InChI is InChI=1S/C30H38ClN3O5/c1-20-26(24-18-23(38-4)10-11-25(24)32-20)27(29(37)39-28(36)21-6-8-22(31)9-7-21)30(2,3)19-34-15-13-33(14-16-34)12-5-17-35/h6-11,18,27,32,35H,5,12-17,19H2,1-4H3. The highest BCUT2D eigenvalue weighted by atomic mass is 35.5. The molecule has 1 aliphatic rings. The normalized spacial score (nSPS) is 15.8. The summed E-state index contributed by atoms with van der Waals surface area (Å²) in [5.41, 5.74) is 2.23. The molecule has 1 saturated heterocycles. The van der Waals surface area contributed by atoms with E-state index in [0.29, 0.717) is 17.3 Å². The highest BCUT2D eigenvalue weighted by Crippen LogP contribution is 2.43. The van der Waals surface area contributed by atoms with Gasteiger partial charge < -0.3 is 29.4 Å². The summed E-state index contributed by atoms with van der Waals surface area (Å²) >= 11 is 5.97. The molecule has 3 aromatic rings. The number of aryl methyl sites for hydroxylation is 1. The second kappa shape index (κ2) is 12.5. The van der Waals surface area contributed by atoms with Crippen LogP contribution in [0.15, 0.2) is 42.5 Å². The zero-order chi connectivity index (χ0) is 28.2. The molecule has 2 aromatic carbocycles. The molecular formula is C30H38ClN3O5. The molecule has 1 atom stereocenters. The number of nitrogens with one attached hydrogen (secondary N) is 1. The molecule has 39 heavy (non-hydrogen) atoms. The Kier molecular flexibility index (Phi) is 9.33. The van der Waals surface area contributed by atoms with Crippen LogP contribution in [0.3, 0.4) is 0 Å². The molecule has 1 aromatic heterocycles. The molecule has 1 fully saturated rings. The summed E-state index contributed by atoms with van der Waals surface area (Å²) in [5.74, 6) is -1.33. The fourth-order valence-corrected chi connectivity index (χ4v) is 5.71. The van der Waals surface area contributed by atoms with Gasteiger partial charge >= 0.3 is 11.9 Å². The maximum atomic E-state index is 13.9. The Bertz CT molecular complexity index is 1300. The van der Waals surface area contributed by atoms with Crippen molar-refractivity contribution in [3.8, 4) is 5.75 Å². The number of H-pyrrole nitrogens is 1. The molecule has 0 amide bonds. The fraction of sp³-hybridized carbons (Fsp3) is 0.467. The second-order valence-electron chi connectivity index (χ2n) is 10.9. The van der Waals surface area contributed by atoms with E-state index in [1.54, 1.807) is 31.4 Å². The predicted octanol–water partition coefficient (Wildman–Crippen LogP) is 4.63. The average Bonchev–Trinajstić information content (AvgIpc) is 3.22. The van der Waals surface area contributed by atoms with Gasteiger partial charge in [0, 0.05) is 67.5 Å². The Morgan fingerprint density at radius 1 is 1.08 bits per heavy atom. The molecule has 2 heterocycles. The number of fused-ring (bicyclic) bond motifs is 1. The Morgan fingerprint density at radius 3 is 2.38 bits per heavy atom. The number of methoxy groups -OCH3 is 1. The molecule has 0 bridgehead atoms. The predicted molar refractivity (Wildman–Crippen MR) is 153 cm³/mol. The number of aromatic amines is 1. The van der Waals surface area contributed by atoms with Gasteiger partial charge in [-0.1, -0.05) is 25.4 Å². The third-order valence-electron chi connectivity index (χ3n) is 7.55. The van der Waals surface area contributed by atoms with Gasteiger partial charge in [-0.3, -0.25) is 4.79 Å². The fourth-order valence-electron chi connectivity index (χ4n) is 5.58. The molecule has 4 rings (SSSR count). The van der Waals surface area contributed by atoms with Gasteiger partial charge in [-0.05, 0) is 66.8 Å². The van der Waals surface area contributed by atoms with Crippen molar-refractivity contribution in [2.45, 2.75) is 33.1 Å². The maximum Gasteiger partial charge on any atom is 0.345 e. The van der Waals surface area contributed by atoms with E-state index in [9.17, 15) is 9.59 Å². The lowest BCUT2D eigenvalue weighted by atomic mass is 9.73. The first kappa shape index (κ1) is 29.1. The van der Waals surface area contributed by atoms with Gasteiger partial charge in [0.1, 0.15) is 5.75 Å². The molecule has 2 N–H and O–H groups in total. The molecule has 1 unspecified atom stereocenters. The van der Waals surface area contributed by atoms with Crippen LogP contribution in [-0.4, -0.2) is 84.8 Å². The van der Waals surface area contributed by atoms with Crippen LogP contribution in [0, 0.1) is 12.3 Å². The Morgan fingerprint density at radius 2 is 1.74 bits per heavy atom. The summed E-state index contributed by atoms with van der Waals surface area (Å²) in [6.45, 7) is 11.3. The van der Waals surface area contributed by atoms with Crippen LogP contribution < -0.4 is 4.74 Å².